The summed E-state index contributed by atoms with van der Waals surface area (Å²) in [4.78, 5) is 41.6. The lowest BCUT2D eigenvalue weighted by Gasteiger charge is -2.44. The molecule has 0 saturated carbocycles. The second-order valence-corrected chi connectivity index (χ2v) is 9.13. The van der Waals surface area contributed by atoms with E-state index in [0.717, 1.165) is 30.0 Å². The van der Waals surface area contributed by atoms with Crippen LogP contribution >= 0.6 is 0 Å². The Morgan fingerprint density at radius 2 is 1.88 bits per heavy atom. The van der Waals surface area contributed by atoms with Crippen LogP contribution in [0.4, 0.5) is 4.79 Å². The van der Waals surface area contributed by atoms with Gasteiger partial charge in [0, 0.05) is 12.6 Å². The molecule has 3 unspecified atom stereocenters. The van der Waals surface area contributed by atoms with Gasteiger partial charge in [-0.2, -0.15) is 0 Å². The van der Waals surface area contributed by atoms with E-state index in [1.165, 1.54) is 32.8 Å². The van der Waals surface area contributed by atoms with Gasteiger partial charge in [0.2, 0.25) is 5.91 Å². The number of methoxy groups -OCH3 is 2. The minimum atomic E-state index is -0.838. The average molecular weight is 459 g/mol. The van der Waals surface area contributed by atoms with Crippen LogP contribution in [0.1, 0.15) is 44.1 Å². The van der Waals surface area contributed by atoms with Crippen LogP contribution in [0.2, 0.25) is 0 Å². The first-order valence-electron chi connectivity index (χ1n) is 11.8. The monoisotopic (exact) mass is 458 g/mol. The zero-order valence-corrected chi connectivity index (χ0v) is 19.5. The zero-order chi connectivity index (χ0) is 23.4. The Kier molecular flexibility index (Phi) is 7.37. The largest absolute Gasteiger partial charge is 0.493 e. The van der Waals surface area contributed by atoms with E-state index in [1.54, 1.807) is 25.3 Å². The first-order valence-corrected chi connectivity index (χ1v) is 11.8. The molecule has 0 spiro atoms. The number of ether oxygens (including phenoxy) is 2. The van der Waals surface area contributed by atoms with Gasteiger partial charge in [-0.15, -0.1) is 0 Å². The van der Waals surface area contributed by atoms with Crippen molar-refractivity contribution in [1.82, 2.24) is 20.4 Å². The molecule has 0 radical (unpaired) electrons. The number of rotatable bonds is 8. The van der Waals surface area contributed by atoms with Crippen molar-refractivity contribution in [2.24, 2.45) is 5.92 Å². The number of piperidine rings is 2. The van der Waals surface area contributed by atoms with Crippen molar-refractivity contribution in [3.63, 3.8) is 0 Å². The molecule has 0 bridgehead atoms. The van der Waals surface area contributed by atoms with Crippen LogP contribution in [0.15, 0.2) is 18.2 Å². The van der Waals surface area contributed by atoms with E-state index in [2.05, 4.69) is 15.5 Å². The molecular weight excluding hydrogens is 424 g/mol. The lowest BCUT2D eigenvalue weighted by Crippen LogP contribution is -2.51. The third-order valence-electron chi connectivity index (χ3n) is 7.08. The highest BCUT2D eigenvalue weighted by molar-refractivity contribution is 6.05. The summed E-state index contributed by atoms with van der Waals surface area (Å²) in [6, 6.07) is 4.47. The molecule has 3 heterocycles. The Bertz CT molecular complexity index is 890. The van der Waals surface area contributed by atoms with Crippen molar-refractivity contribution in [2.75, 3.05) is 33.9 Å². The van der Waals surface area contributed by atoms with Crippen molar-refractivity contribution in [3.8, 4) is 11.5 Å². The summed E-state index contributed by atoms with van der Waals surface area (Å²) in [5.41, 5.74) is 0.732. The van der Waals surface area contributed by atoms with E-state index in [0.29, 0.717) is 30.0 Å². The quantitative estimate of drug-likeness (QED) is 0.577. The highest BCUT2D eigenvalue weighted by atomic mass is 16.5. The smallest absolute Gasteiger partial charge is 0.325 e. The Labute approximate surface area is 194 Å². The molecule has 3 fully saturated rings. The van der Waals surface area contributed by atoms with Crippen LogP contribution in [0.3, 0.4) is 0 Å². The SMILES string of the molecule is COc1ccc(CN2C(=O)NC(CC(=O)NCC3CCCN4CCCCC34)C2=O)cc1OC. The summed E-state index contributed by atoms with van der Waals surface area (Å²) in [7, 11) is 3.08. The summed E-state index contributed by atoms with van der Waals surface area (Å²) >= 11 is 0. The Balaban J connectivity index is 1.30. The van der Waals surface area contributed by atoms with Crippen LogP contribution in [-0.4, -0.2) is 73.6 Å². The maximum absolute atomic E-state index is 12.8. The fraction of sp³-hybridized carbons (Fsp3) is 0.625. The van der Waals surface area contributed by atoms with E-state index < -0.39 is 12.1 Å². The van der Waals surface area contributed by atoms with Crippen LogP contribution in [0.5, 0.6) is 11.5 Å². The molecule has 3 aliphatic heterocycles. The molecule has 1 aromatic carbocycles. The number of carbonyl (C=O) groups excluding carboxylic acids is 3. The molecule has 180 valence electrons. The van der Waals surface area contributed by atoms with Gasteiger partial charge < -0.3 is 25.0 Å². The lowest BCUT2D eigenvalue weighted by molar-refractivity contribution is -0.131. The number of hydrogen-bond acceptors (Lipinski definition) is 6. The molecule has 4 amide bonds. The molecule has 0 aliphatic carbocycles. The van der Waals surface area contributed by atoms with E-state index in [1.807, 2.05) is 0 Å². The zero-order valence-electron chi connectivity index (χ0n) is 19.5. The first kappa shape index (κ1) is 23.4. The number of fused-ring (bicyclic) bond motifs is 1. The van der Waals surface area contributed by atoms with Gasteiger partial charge >= 0.3 is 6.03 Å². The number of nitrogens with one attached hydrogen (secondary N) is 2. The van der Waals surface area contributed by atoms with Gasteiger partial charge in [0.15, 0.2) is 11.5 Å². The van der Waals surface area contributed by atoms with Crippen LogP contribution in [-0.2, 0) is 16.1 Å². The summed E-state index contributed by atoms with van der Waals surface area (Å²) in [5, 5.41) is 5.67. The highest BCUT2D eigenvalue weighted by Crippen LogP contribution is 2.31. The molecular formula is C24H34N4O5. The first-order chi connectivity index (χ1) is 16.0. The van der Waals surface area contributed by atoms with E-state index in [4.69, 9.17) is 9.47 Å². The maximum atomic E-state index is 12.8. The second-order valence-electron chi connectivity index (χ2n) is 9.13. The predicted octanol–water partition coefficient (Wildman–Crippen LogP) is 1.90. The molecule has 3 atom stereocenters. The van der Waals surface area contributed by atoms with Crippen molar-refractivity contribution >= 4 is 17.8 Å². The second kappa shape index (κ2) is 10.4. The maximum Gasteiger partial charge on any atom is 0.325 e. The van der Waals surface area contributed by atoms with Crippen LogP contribution < -0.4 is 20.1 Å². The fourth-order valence-corrected chi connectivity index (χ4v) is 5.34. The van der Waals surface area contributed by atoms with E-state index >= 15 is 0 Å². The summed E-state index contributed by atoms with van der Waals surface area (Å²) in [6.45, 7) is 3.05. The van der Waals surface area contributed by atoms with Crippen molar-refractivity contribution in [1.29, 1.82) is 0 Å². The number of imide groups is 1. The van der Waals surface area contributed by atoms with Gasteiger partial charge in [0.25, 0.3) is 5.91 Å². The van der Waals surface area contributed by atoms with E-state index in [-0.39, 0.29) is 24.8 Å². The van der Waals surface area contributed by atoms with Crippen molar-refractivity contribution < 1.29 is 23.9 Å². The molecule has 33 heavy (non-hydrogen) atoms. The fourth-order valence-electron chi connectivity index (χ4n) is 5.34. The molecule has 4 rings (SSSR count). The molecule has 9 heteroatoms. The number of urea groups is 1. The molecule has 2 N–H and O–H groups in total. The number of amides is 4. The Morgan fingerprint density at radius 1 is 1.09 bits per heavy atom. The minimum Gasteiger partial charge on any atom is -0.493 e. The molecule has 9 nitrogen and oxygen atoms in total. The standard InChI is InChI=1S/C24H34N4O5/c1-32-20-9-8-16(12-21(20)33-2)15-28-23(30)18(26-24(28)31)13-22(29)25-14-17-6-5-11-27-10-4-3-7-19(17)27/h8-9,12,17-19H,3-7,10-11,13-15H2,1-2H3,(H,25,29)(H,26,31). The summed E-state index contributed by atoms with van der Waals surface area (Å²) < 4.78 is 10.5. The van der Waals surface area contributed by atoms with Crippen LogP contribution in [0.25, 0.3) is 0 Å². The third kappa shape index (κ3) is 5.24. The predicted molar refractivity (Wildman–Crippen MR) is 122 cm³/mol. The highest BCUT2D eigenvalue weighted by Gasteiger charge is 2.39. The topological polar surface area (TPSA) is 100 Å². The summed E-state index contributed by atoms with van der Waals surface area (Å²) in [6.07, 6.45) is 5.96. The normalized spacial score (nSPS) is 25.4. The number of nitrogens with zero attached hydrogens (tertiary/aromatic N) is 2. The lowest BCUT2D eigenvalue weighted by atomic mass is 9.83. The number of benzene rings is 1. The Hall–Kier alpha value is -2.81. The number of hydrogen-bond donors (Lipinski definition) is 2. The molecule has 0 aromatic heterocycles. The van der Waals surface area contributed by atoms with Gasteiger partial charge in [-0.1, -0.05) is 12.5 Å². The van der Waals surface area contributed by atoms with E-state index in [9.17, 15) is 14.4 Å². The Morgan fingerprint density at radius 3 is 2.67 bits per heavy atom. The van der Waals surface area contributed by atoms with Gasteiger partial charge in [-0.3, -0.25) is 14.5 Å². The van der Waals surface area contributed by atoms with Gasteiger partial charge in [-0.25, -0.2) is 4.79 Å². The van der Waals surface area contributed by atoms with Crippen LogP contribution in [0, 0.1) is 5.92 Å². The third-order valence-corrected chi connectivity index (χ3v) is 7.08. The van der Waals surface area contributed by atoms with Crippen molar-refractivity contribution in [3.05, 3.63) is 23.8 Å². The summed E-state index contributed by atoms with van der Waals surface area (Å²) in [5.74, 6) is 0.966. The average Bonchev–Trinajstić information content (AvgIpc) is 3.09. The molecule has 1 aromatic rings. The minimum absolute atomic E-state index is 0.0475. The molecule has 3 aliphatic rings. The number of carbonyl (C=O) groups is 3. The van der Waals surface area contributed by atoms with Gasteiger partial charge in [0.1, 0.15) is 6.04 Å². The van der Waals surface area contributed by atoms with Gasteiger partial charge in [-0.05, 0) is 62.4 Å². The molecule has 3 saturated heterocycles. The van der Waals surface area contributed by atoms with Crippen molar-refractivity contribution in [2.45, 2.75) is 57.2 Å². The van der Waals surface area contributed by atoms with Gasteiger partial charge in [0.05, 0.1) is 27.2 Å².